The number of hydrogen-bond acceptors (Lipinski definition) is 7. The minimum absolute atomic E-state index is 0.0173. The van der Waals surface area contributed by atoms with Crippen molar-refractivity contribution >= 4 is 21.6 Å². The number of benzene rings is 2. The standard InChI is InChI=1S/C29H43N3O6S/c1-21-18-32(22(2)20-33)29(34)26-17-24(30-39(35,36)25-12-7-6-8-13-25)14-15-27(26)38-23(3)11-9-10-16-37-28(21)19-31(4)5/h6-8,12-15,17,21-23,28,30,33H,9-11,16,18-20H2,1-5H3/t21-,22+,23+,28+/m1/s1. The number of aliphatic hydroxyl groups is 1. The number of sulfonamides is 1. The van der Waals surface area contributed by atoms with Crippen molar-refractivity contribution in [2.45, 2.75) is 63.2 Å². The molecule has 0 saturated carbocycles. The number of anilines is 1. The Balaban J connectivity index is 2.02. The molecule has 4 atom stereocenters. The quantitative estimate of drug-likeness (QED) is 0.529. The number of hydrogen-bond donors (Lipinski definition) is 2. The number of fused-ring (bicyclic) bond motifs is 1. The van der Waals surface area contributed by atoms with Gasteiger partial charge in [0.05, 0.1) is 35.3 Å². The lowest BCUT2D eigenvalue weighted by atomic mass is 10.0. The second-order valence-corrected chi connectivity index (χ2v) is 12.4. The van der Waals surface area contributed by atoms with Crippen LogP contribution in [0, 0.1) is 5.92 Å². The van der Waals surface area contributed by atoms with Crippen LogP contribution in [0.3, 0.4) is 0 Å². The van der Waals surface area contributed by atoms with Gasteiger partial charge in [-0.25, -0.2) is 8.42 Å². The van der Waals surface area contributed by atoms with Gasteiger partial charge in [0, 0.05) is 31.3 Å². The molecule has 1 amide bonds. The number of nitrogens with one attached hydrogen (secondary N) is 1. The topological polar surface area (TPSA) is 108 Å². The number of ether oxygens (including phenoxy) is 2. The summed E-state index contributed by atoms with van der Waals surface area (Å²) in [4.78, 5) is 17.9. The molecule has 2 aromatic rings. The predicted molar refractivity (Wildman–Crippen MR) is 153 cm³/mol. The summed E-state index contributed by atoms with van der Waals surface area (Å²) >= 11 is 0. The van der Waals surface area contributed by atoms with Crippen molar-refractivity contribution in [2.75, 3.05) is 45.1 Å². The Morgan fingerprint density at radius 3 is 2.51 bits per heavy atom. The van der Waals surface area contributed by atoms with Crippen molar-refractivity contribution in [1.29, 1.82) is 0 Å². The third-order valence-electron chi connectivity index (χ3n) is 6.90. The van der Waals surface area contributed by atoms with Gasteiger partial charge in [0.1, 0.15) is 5.75 Å². The molecule has 0 bridgehead atoms. The van der Waals surface area contributed by atoms with Gasteiger partial charge in [-0.2, -0.15) is 0 Å². The van der Waals surface area contributed by atoms with E-state index in [1.165, 1.54) is 18.2 Å². The monoisotopic (exact) mass is 561 g/mol. The van der Waals surface area contributed by atoms with Crippen LogP contribution in [0.4, 0.5) is 5.69 Å². The molecule has 1 aliphatic rings. The van der Waals surface area contributed by atoms with Gasteiger partial charge in [0.2, 0.25) is 0 Å². The van der Waals surface area contributed by atoms with Crippen LogP contribution in [0.25, 0.3) is 0 Å². The molecule has 0 radical (unpaired) electrons. The van der Waals surface area contributed by atoms with Gasteiger partial charge in [-0.05, 0) is 77.5 Å². The maximum Gasteiger partial charge on any atom is 0.261 e. The fraction of sp³-hybridized carbons (Fsp3) is 0.552. The normalized spacial score (nSPS) is 22.5. The third-order valence-corrected chi connectivity index (χ3v) is 8.30. The van der Waals surface area contributed by atoms with Crippen LogP contribution in [0.15, 0.2) is 53.4 Å². The molecule has 0 fully saturated rings. The number of carbonyl (C=O) groups is 1. The van der Waals surface area contributed by atoms with E-state index in [0.29, 0.717) is 25.4 Å². The summed E-state index contributed by atoms with van der Waals surface area (Å²) in [5.41, 5.74) is 0.492. The Bertz CT molecular complexity index is 1170. The van der Waals surface area contributed by atoms with Crippen molar-refractivity contribution in [3.8, 4) is 5.75 Å². The predicted octanol–water partition coefficient (Wildman–Crippen LogP) is 3.84. The number of carbonyl (C=O) groups excluding carboxylic acids is 1. The molecule has 2 N–H and O–H groups in total. The molecule has 39 heavy (non-hydrogen) atoms. The Kier molecular flexibility index (Phi) is 11.2. The minimum Gasteiger partial charge on any atom is -0.490 e. The highest BCUT2D eigenvalue weighted by Gasteiger charge is 2.30. The second-order valence-electron chi connectivity index (χ2n) is 10.7. The minimum atomic E-state index is -3.86. The van der Waals surface area contributed by atoms with Crippen LogP contribution < -0.4 is 9.46 Å². The Morgan fingerprint density at radius 1 is 1.13 bits per heavy atom. The van der Waals surface area contributed by atoms with Gasteiger partial charge in [-0.1, -0.05) is 25.1 Å². The van der Waals surface area contributed by atoms with Gasteiger partial charge in [-0.3, -0.25) is 9.52 Å². The van der Waals surface area contributed by atoms with Crippen LogP contribution in [0.2, 0.25) is 0 Å². The van der Waals surface area contributed by atoms with E-state index in [0.717, 1.165) is 19.3 Å². The van der Waals surface area contributed by atoms with E-state index in [4.69, 9.17) is 9.47 Å². The zero-order chi connectivity index (χ0) is 28.6. The summed E-state index contributed by atoms with van der Waals surface area (Å²) in [5, 5.41) is 10.0. The lowest BCUT2D eigenvalue weighted by Gasteiger charge is -2.35. The third kappa shape index (κ3) is 8.66. The van der Waals surface area contributed by atoms with E-state index < -0.39 is 16.1 Å². The molecule has 0 saturated heterocycles. The first-order chi connectivity index (χ1) is 18.5. The molecule has 0 aliphatic carbocycles. The molecule has 0 spiro atoms. The van der Waals surface area contributed by atoms with E-state index in [-0.39, 0.29) is 46.8 Å². The molecular weight excluding hydrogens is 518 g/mol. The Hall–Kier alpha value is -2.66. The smallest absolute Gasteiger partial charge is 0.261 e. The molecule has 3 rings (SSSR count). The van der Waals surface area contributed by atoms with Crippen LogP contribution in [-0.2, 0) is 14.8 Å². The SMILES string of the molecule is C[C@@H]1CN([C@@H](C)CO)C(=O)c2cc(NS(=O)(=O)c3ccccc3)ccc2O[C@@H](C)CCCCO[C@H]1CN(C)C. The highest BCUT2D eigenvalue weighted by atomic mass is 32.2. The van der Waals surface area contributed by atoms with Gasteiger partial charge in [0.25, 0.3) is 15.9 Å². The fourth-order valence-electron chi connectivity index (χ4n) is 4.62. The summed E-state index contributed by atoms with van der Waals surface area (Å²) < 4.78 is 41.0. The van der Waals surface area contributed by atoms with Crippen molar-refractivity contribution in [2.24, 2.45) is 5.92 Å². The maximum atomic E-state index is 14.1. The van der Waals surface area contributed by atoms with Crippen LogP contribution in [0.1, 0.15) is 50.4 Å². The van der Waals surface area contributed by atoms with Crippen LogP contribution in [-0.4, -0.2) is 87.9 Å². The van der Waals surface area contributed by atoms with E-state index in [2.05, 4.69) is 9.62 Å². The van der Waals surface area contributed by atoms with E-state index in [9.17, 15) is 18.3 Å². The highest BCUT2D eigenvalue weighted by molar-refractivity contribution is 7.92. The first kappa shape index (κ1) is 30.9. The van der Waals surface area contributed by atoms with Gasteiger partial charge in [-0.15, -0.1) is 0 Å². The zero-order valence-electron chi connectivity index (χ0n) is 23.7. The fourth-order valence-corrected chi connectivity index (χ4v) is 5.69. The molecule has 9 nitrogen and oxygen atoms in total. The maximum absolute atomic E-state index is 14.1. The molecule has 216 valence electrons. The number of aliphatic hydroxyl groups excluding tert-OH is 1. The van der Waals surface area contributed by atoms with E-state index in [1.807, 2.05) is 27.9 Å². The van der Waals surface area contributed by atoms with Crippen molar-refractivity contribution in [3.05, 3.63) is 54.1 Å². The first-order valence-corrected chi connectivity index (χ1v) is 15.1. The first-order valence-electron chi connectivity index (χ1n) is 13.6. The summed E-state index contributed by atoms with van der Waals surface area (Å²) in [6, 6.07) is 12.4. The molecule has 0 unspecified atom stereocenters. The van der Waals surface area contributed by atoms with Crippen LogP contribution in [0.5, 0.6) is 5.75 Å². The van der Waals surface area contributed by atoms with Crippen LogP contribution >= 0.6 is 0 Å². The van der Waals surface area contributed by atoms with Crippen molar-refractivity contribution in [1.82, 2.24) is 9.80 Å². The summed E-state index contributed by atoms with van der Waals surface area (Å²) in [6.07, 6.45) is 2.33. The zero-order valence-corrected chi connectivity index (χ0v) is 24.5. The average Bonchev–Trinajstić information content (AvgIpc) is 2.90. The Morgan fingerprint density at radius 2 is 1.85 bits per heavy atom. The second kappa shape index (κ2) is 14.1. The molecule has 1 heterocycles. The van der Waals surface area contributed by atoms with Gasteiger partial charge in [0.15, 0.2) is 0 Å². The van der Waals surface area contributed by atoms with Crippen molar-refractivity contribution < 1.29 is 27.8 Å². The lowest BCUT2D eigenvalue weighted by Crippen LogP contribution is -2.47. The molecule has 1 aliphatic heterocycles. The number of likely N-dealkylation sites (N-methyl/N-ethyl adjacent to an activating group) is 1. The largest absolute Gasteiger partial charge is 0.490 e. The number of nitrogens with zero attached hydrogens (tertiary/aromatic N) is 2. The molecular formula is C29H43N3O6S. The van der Waals surface area contributed by atoms with Gasteiger partial charge < -0.3 is 24.4 Å². The average molecular weight is 562 g/mol. The summed E-state index contributed by atoms with van der Waals surface area (Å²) in [5.74, 6) is 0.0273. The highest BCUT2D eigenvalue weighted by Crippen LogP contribution is 2.29. The van der Waals surface area contributed by atoms with Gasteiger partial charge >= 0.3 is 0 Å². The number of amides is 1. The summed E-state index contributed by atoms with van der Waals surface area (Å²) in [7, 11) is 0.132. The van der Waals surface area contributed by atoms with Crippen molar-refractivity contribution in [3.63, 3.8) is 0 Å². The molecule has 0 aromatic heterocycles. The summed E-state index contributed by atoms with van der Waals surface area (Å²) in [6.45, 7) is 7.27. The molecule has 10 heteroatoms. The lowest BCUT2D eigenvalue weighted by molar-refractivity contribution is -0.0137. The van der Waals surface area contributed by atoms with E-state index in [1.54, 1.807) is 42.2 Å². The molecule has 2 aromatic carbocycles. The Labute approximate surface area is 233 Å². The van der Waals surface area contributed by atoms with E-state index >= 15 is 0 Å². The number of rotatable bonds is 7.